The van der Waals surface area contributed by atoms with Gasteiger partial charge in [0, 0.05) is 12.4 Å². The summed E-state index contributed by atoms with van der Waals surface area (Å²) in [5, 5.41) is 2.38. The third-order valence-electron chi connectivity index (χ3n) is 3.34. The Morgan fingerprint density at radius 3 is 2.85 bits per heavy atom. The molecule has 0 atom stereocenters. The predicted molar refractivity (Wildman–Crippen MR) is 84.1 cm³/mol. The van der Waals surface area contributed by atoms with Crippen molar-refractivity contribution in [2.24, 2.45) is 0 Å². The molecule has 0 aliphatic rings. The number of hydrogen-bond donors (Lipinski definition) is 0. The van der Waals surface area contributed by atoms with E-state index in [9.17, 15) is 0 Å². The maximum absolute atomic E-state index is 5.88. The maximum atomic E-state index is 5.88. The van der Waals surface area contributed by atoms with Crippen LogP contribution in [-0.4, -0.2) is 16.2 Å². The van der Waals surface area contributed by atoms with E-state index in [-0.39, 0.29) is 0 Å². The monoisotopic (exact) mass is 330 g/mol. The summed E-state index contributed by atoms with van der Waals surface area (Å²) < 4.78 is 8.97. The van der Waals surface area contributed by atoms with E-state index in [0.717, 1.165) is 22.6 Å². The fourth-order valence-electron chi connectivity index (χ4n) is 2.22. The lowest BCUT2D eigenvalue weighted by atomic mass is 10.1. The Morgan fingerprint density at radius 2 is 2.05 bits per heavy atom. The summed E-state index contributed by atoms with van der Waals surface area (Å²) in [5.41, 5.74) is 0. The van der Waals surface area contributed by atoms with Gasteiger partial charge in [0.1, 0.15) is 18.2 Å². The van der Waals surface area contributed by atoms with Crippen LogP contribution in [0.25, 0.3) is 10.8 Å². The fraction of sp³-hybridized carbons (Fsp3) is 0.188. The van der Waals surface area contributed by atoms with Gasteiger partial charge in [-0.05, 0) is 39.7 Å². The quantitative estimate of drug-likeness (QED) is 0.717. The number of benzene rings is 2. The summed E-state index contributed by atoms with van der Waals surface area (Å²) in [6.07, 6.45) is 3.77. The Labute approximate surface area is 126 Å². The number of imidazole rings is 1. The third-order valence-corrected chi connectivity index (χ3v) is 4.16. The van der Waals surface area contributed by atoms with Gasteiger partial charge in [-0.3, -0.25) is 0 Å². The molecule has 4 heteroatoms. The van der Waals surface area contributed by atoms with E-state index in [0.29, 0.717) is 6.61 Å². The van der Waals surface area contributed by atoms with Gasteiger partial charge in [0.05, 0.1) is 11.0 Å². The molecular formula is C16H15BrN2O. The van der Waals surface area contributed by atoms with Crippen LogP contribution in [-0.2, 0) is 6.54 Å². The van der Waals surface area contributed by atoms with Crippen LogP contribution < -0.4 is 4.74 Å². The van der Waals surface area contributed by atoms with Crippen molar-refractivity contribution in [1.29, 1.82) is 0 Å². The molecule has 0 saturated carbocycles. The van der Waals surface area contributed by atoms with Crippen LogP contribution in [0.4, 0.5) is 0 Å². The molecule has 3 aromatic rings. The van der Waals surface area contributed by atoms with Gasteiger partial charge >= 0.3 is 0 Å². The highest BCUT2D eigenvalue weighted by atomic mass is 79.9. The van der Waals surface area contributed by atoms with E-state index in [1.165, 1.54) is 10.8 Å². The molecule has 0 saturated heterocycles. The molecule has 102 valence electrons. The summed E-state index contributed by atoms with van der Waals surface area (Å²) in [6.45, 7) is 3.41. The summed E-state index contributed by atoms with van der Waals surface area (Å²) in [4.78, 5) is 4.20. The van der Waals surface area contributed by atoms with Crippen LogP contribution in [0.3, 0.4) is 0 Å². The van der Waals surface area contributed by atoms with Crippen molar-refractivity contribution >= 4 is 26.7 Å². The second kappa shape index (κ2) is 5.67. The van der Waals surface area contributed by atoms with Gasteiger partial charge in [-0.25, -0.2) is 4.98 Å². The Bertz CT molecular complexity index is 736. The van der Waals surface area contributed by atoms with Crippen molar-refractivity contribution in [3.8, 4) is 5.75 Å². The van der Waals surface area contributed by atoms with E-state index in [1.54, 1.807) is 6.20 Å². The van der Waals surface area contributed by atoms with Crippen molar-refractivity contribution in [2.45, 2.75) is 13.5 Å². The Kier molecular flexibility index (Phi) is 3.74. The number of ether oxygens (including phenoxy) is 1. The van der Waals surface area contributed by atoms with Crippen LogP contribution >= 0.6 is 15.9 Å². The topological polar surface area (TPSA) is 27.1 Å². The van der Waals surface area contributed by atoms with Crippen molar-refractivity contribution < 1.29 is 4.74 Å². The zero-order valence-corrected chi connectivity index (χ0v) is 12.8. The zero-order chi connectivity index (χ0) is 13.9. The minimum absolute atomic E-state index is 0.619. The van der Waals surface area contributed by atoms with Gasteiger partial charge in [0.2, 0.25) is 0 Å². The van der Waals surface area contributed by atoms with Crippen molar-refractivity contribution in [2.75, 3.05) is 6.61 Å². The van der Waals surface area contributed by atoms with Crippen LogP contribution in [0.1, 0.15) is 5.82 Å². The van der Waals surface area contributed by atoms with Crippen LogP contribution in [0, 0.1) is 6.92 Å². The number of nitrogens with zero attached hydrogens (tertiary/aromatic N) is 2. The number of fused-ring (bicyclic) bond motifs is 1. The zero-order valence-electron chi connectivity index (χ0n) is 11.2. The van der Waals surface area contributed by atoms with Gasteiger partial charge in [-0.1, -0.05) is 30.3 Å². The Hall–Kier alpha value is -1.81. The van der Waals surface area contributed by atoms with Gasteiger partial charge < -0.3 is 9.30 Å². The van der Waals surface area contributed by atoms with Gasteiger partial charge in [-0.2, -0.15) is 0 Å². The van der Waals surface area contributed by atoms with Crippen molar-refractivity contribution in [1.82, 2.24) is 9.55 Å². The van der Waals surface area contributed by atoms with Gasteiger partial charge in [0.25, 0.3) is 0 Å². The molecule has 0 spiro atoms. The van der Waals surface area contributed by atoms with Gasteiger partial charge in [0.15, 0.2) is 0 Å². The largest absolute Gasteiger partial charge is 0.491 e. The second-order valence-electron chi connectivity index (χ2n) is 4.62. The Morgan fingerprint density at radius 1 is 1.20 bits per heavy atom. The van der Waals surface area contributed by atoms with E-state index in [4.69, 9.17) is 4.74 Å². The predicted octanol–water partition coefficient (Wildman–Crippen LogP) is 4.19. The molecule has 0 radical (unpaired) electrons. The average Bonchev–Trinajstić information content (AvgIpc) is 2.87. The molecule has 20 heavy (non-hydrogen) atoms. The first-order chi connectivity index (χ1) is 9.75. The summed E-state index contributed by atoms with van der Waals surface area (Å²) in [6, 6.07) is 12.3. The summed E-state index contributed by atoms with van der Waals surface area (Å²) in [7, 11) is 0. The number of aromatic nitrogens is 2. The van der Waals surface area contributed by atoms with E-state index >= 15 is 0 Å². The number of hydrogen-bond acceptors (Lipinski definition) is 2. The second-order valence-corrected chi connectivity index (χ2v) is 5.41. The highest BCUT2D eigenvalue weighted by Gasteiger charge is 2.06. The molecule has 0 amide bonds. The molecule has 1 heterocycles. The average molecular weight is 331 g/mol. The normalized spacial score (nSPS) is 10.9. The maximum Gasteiger partial charge on any atom is 0.134 e. The lowest BCUT2D eigenvalue weighted by Crippen LogP contribution is -2.09. The minimum atomic E-state index is 0.619. The molecule has 3 nitrogen and oxygen atoms in total. The van der Waals surface area contributed by atoms with E-state index in [2.05, 4.69) is 43.7 Å². The standard InChI is InChI=1S/C16H15BrN2O/c1-12-18-8-9-19(12)10-11-20-15-7-6-13-4-2-3-5-14(13)16(15)17/h2-9H,10-11H2,1H3. The first-order valence-corrected chi connectivity index (χ1v) is 7.33. The highest BCUT2D eigenvalue weighted by Crippen LogP contribution is 2.32. The highest BCUT2D eigenvalue weighted by molar-refractivity contribution is 9.10. The minimum Gasteiger partial charge on any atom is -0.491 e. The summed E-state index contributed by atoms with van der Waals surface area (Å²) >= 11 is 3.63. The van der Waals surface area contributed by atoms with Crippen LogP contribution in [0.2, 0.25) is 0 Å². The van der Waals surface area contributed by atoms with Crippen LogP contribution in [0.15, 0.2) is 53.3 Å². The van der Waals surface area contributed by atoms with E-state index < -0.39 is 0 Å². The SMILES string of the molecule is Cc1nccn1CCOc1ccc2ccccc2c1Br. The molecule has 0 aliphatic carbocycles. The summed E-state index contributed by atoms with van der Waals surface area (Å²) in [5.74, 6) is 1.88. The molecule has 0 unspecified atom stereocenters. The lowest BCUT2D eigenvalue weighted by molar-refractivity contribution is 0.296. The van der Waals surface area contributed by atoms with Gasteiger partial charge in [-0.15, -0.1) is 0 Å². The van der Waals surface area contributed by atoms with Crippen molar-refractivity contribution in [3.63, 3.8) is 0 Å². The third kappa shape index (κ3) is 2.56. The Balaban J connectivity index is 1.75. The molecule has 1 aromatic heterocycles. The van der Waals surface area contributed by atoms with Crippen LogP contribution in [0.5, 0.6) is 5.75 Å². The first-order valence-electron chi connectivity index (χ1n) is 6.53. The molecule has 0 bridgehead atoms. The molecule has 3 rings (SSSR count). The van der Waals surface area contributed by atoms with E-state index in [1.807, 2.05) is 31.3 Å². The molecule has 0 fully saturated rings. The van der Waals surface area contributed by atoms with Crippen molar-refractivity contribution in [3.05, 3.63) is 59.1 Å². The molecule has 0 aliphatic heterocycles. The number of rotatable bonds is 4. The fourth-order valence-corrected chi connectivity index (χ4v) is 2.83. The number of aryl methyl sites for hydroxylation is 1. The smallest absolute Gasteiger partial charge is 0.134 e. The molecule has 2 aromatic carbocycles. The molecule has 0 N–H and O–H groups in total. The molecular weight excluding hydrogens is 316 g/mol. The number of halogens is 1. The lowest BCUT2D eigenvalue weighted by Gasteiger charge is -2.11. The first kappa shape index (κ1) is 13.2.